The number of nitriles is 2. The first-order valence-corrected chi connectivity index (χ1v) is 9.33. The number of Topliss-reactive ketones (excluding diaryl/α,β-unsaturated/α-hetero) is 1. The smallest absolute Gasteiger partial charge is 0.320 e. The van der Waals surface area contributed by atoms with Crippen molar-refractivity contribution >= 4 is 24.0 Å². The van der Waals surface area contributed by atoms with Crippen LogP contribution in [-0.2, 0) is 4.79 Å². The van der Waals surface area contributed by atoms with Crippen LogP contribution in [0.2, 0.25) is 0 Å². The molecule has 0 unspecified atom stereocenters. The fraction of sp³-hybridized carbons (Fsp3) is 0.167. The number of carbonyl (C=O) groups is 2. The van der Waals surface area contributed by atoms with E-state index in [1.165, 1.54) is 4.90 Å². The lowest BCUT2D eigenvalue weighted by Crippen LogP contribution is -2.46. The van der Waals surface area contributed by atoms with Gasteiger partial charge in [0.25, 0.3) is 0 Å². The van der Waals surface area contributed by atoms with Crippen molar-refractivity contribution in [2.45, 2.75) is 0 Å². The Morgan fingerprint density at radius 2 is 1.27 bits per heavy atom. The summed E-state index contributed by atoms with van der Waals surface area (Å²) in [5, 5.41) is 17.9. The van der Waals surface area contributed by atoms with Crippen molar-refractivity contribution < 1.29 is 9.59 Å². The van der Waals surface area contributed by atoms with Crippen molar-refractivity contribution in [2.24, 2.45) is 0 Å². The highest BCUT2D eigenvalue weighted by molar-refractivity contribution is 6.15. The first kappa shape index (κ1) is 20.6. The molecule has 2 amide bonds. The van der Waals surface area contributed by atoms with Crippen molar-refractivity contribution in [3.63, 3.8) is 0 Å². The molecule has 1 aliphatic heterocycles. The summed E-state index contributed by atoms with van der Waals surface area (Å²) in [7, 11) is 3.35. The predicted octanol–water partition coefficient (Wildman–Crippen LogP) is 3.46. The molecule has 148 valence electrons. The van der Waals surface area contributed by atoms with E-state index < -0.39 is 0 Å². The van der Waals surface area contributed by atoms with Gasteiger partial charge in [0.05, 0.1) is 36.4 Å². The number of amides is 2. The Bertz CT molecular complexity index is 1030. The summed E-state index contributed by atoms with van der Waals surface area (Å²) in [6.45, 7) is 0.418. The van der Waals surface area contributed by atoms with Gasteiger partial charge >= 0.3 is 6.03 Å². The molecular weight excluding hydrogens is 376 g/mol. The second-order valence-corrected chi connectivity index (χ2v) is 7.17. The molecule has 30 heavy (non-hydrogen) atoms. The van der Waals surface area contributed by atoms with Crippen LogP contribution in [0, 0.1) is 22.7 Å². The monoisotopic (exact) mass is 396 g/mol. The van der Waals surface area contributed by atoms with Crippen LogP contribution < -0.4 is 0 Å². The summed E-state index contributed by atoms with van der Waals surface area (Å²) in [6, 6.07) is 17.8. The predicted molar refractivity (Wildman–Crippen MR) is 114 cm³/mol. The third-order valence-electron chi connectivity index (χ3n) is 4.72. The highest BCUT2D eigenvalue weighted by Crippen LogP contribution is 2.23. The Morgan fingerprint density at radius 3 is 1.60 bits per heavy atom. The van der Waals surface area contributed by atoms with E-state index >= 15 is 0 Å². The van der Waals surface area contributed by atoms with Crippen LogP contribution in [0.3, 0.4) is 0 Å². The molecule has 6 heteroatoms. The van der Waals surface area contributed by atoms with Crippen molar-refractivity contribution in [3.8, 4) is 12.1 Å². The lowest BCUT2D eigenvalue weighted by molar-refractivity contribution is -0.113. The highest BCUT2D eigenvalue weighted by Gasteiger charge is 2.29. The number of hydrogen-bond acceptors (Lipinski definition) is 4. The molecular formula is C24H20N4O2. The van der Waals surface area contributed by atoms with Crippen LogP contribution in [0.25, 0.3) is 12.2 Å². The fourth-order valence-electron chi connectivity index (χ4n) is 3.17. The molecule has 0 aromatic heterocycles. The third-order valence-corrected chi connectivity index (χ3v) is 4.72. The van der Waals surface area contributed by atoms with Crippen LogP contribution in [0.5, 0.6) is 0 Å². The summed E-state index contributed by atoms with van der Waals surface area (Å²) in [5.74, 6) is -0.119. The molecule has 2 aromatic carbocycles. The van der Waals surface area contributed by atoms with Gasteiger partial charge in [-0.2, -0.15) is 10.5 Å². The second-order valence-electron chi connectivity index (χ2n) is 7.17. The van der Waals surface area contributed by atoms with Gasteiger partial charge in [-0.3, -0.25) is 4.79 Å². The molecule has 3 rings (SSSR count). The molecule has 0 atom stereocenters. The zero-order valence-corrected chi connectivity index (χ0v) is 16.8. The number of benzene rings is 2. The van der Waals surface area contributed by atoms with E-state index in [1.54, 1.807) is 79.7 Å². The number of rotatable bonds is 2. The average molecular weight is 396 g/mol. The van der Waals surface area contributed by atoms with E-state index in [2.05, 4.69) is 12.1 Å². The molecule has 1 aliphatic rings. The highest BCUT2D eigenvalue weighted by atomic mass is 16.2. The summed E-state index contributed by atoms with van der Waals surface area (Å²) in [6.07, 6.45) is 3.51. The number of nitrogens with zero attached hydrogens (tertiary/aromatic N) is 4. The van der Waals surface area contributed by atoms with Gasteiger partial charge in [-0.1, -0.05) is 24.3 Å². The van der Waals surface area contributed by atoms with Crippen molar-refractivity contribution in [1.82, 2.24) is 9.80 Å². The van der Waals surface area contributed by atoms with Gasteiger partial charge in [0, 0.05) is 25.2 Å². The normalized spacial score (nSPS) is 16.3. The van der Waals surface area contributed by atoms with Crippen LogP contribution in [-0.4, -0.2) is 48.8 Å². The molecule has 2 aromatic rings. The Balaban J connectivity index is 1.99. The zero-order valence-electron chi connectivity index (χ0n) is 16.8. The molecule has 0 N–H and O–H groups in total. The maximum absolute atomic E-state index is 13.1. The molecule has 0 aliphatic carbocycles. The minimum Gasteiger partial charge on any atom is -0.331 e. The number of hydrogen-bond donors (Lipinski definition) is 0. The molecule has 0 spiro atoms. The maximum atomic E-state index is 13.1. The van der Waals surface area contributed by atoms with E-state index in [9.17, 15) is 9.59 Å². The Labute approximate surface area is 175 Å². The largest absolute Gasteiger partial charge is 0.331 e. The van der Waals surface area contributed by atoms with Gasteiger partial charge in [0.15, 0.2) is 5.78 Å². The molecule has 0 bridgehead atoms. The average Bonchev–Trinajstić information content (AvgIpc) is 2.76. The quantitative estimate of drug-likeness (QED) is 0.727. The summed E-state index contributed by atoms with van der Waals surface area (Å²) in [5.41, 5.74) is 3.65. The summed E-state index contributed by atoms with van der Waals surface area (Å²) >= 11 is 0. The molecule has 0 saturated carbocycles. The lowest BCUT2D eigenvalue weighted by Gasteiger charge is -2.32. The van der Waals surface area contributed by atoms with E-state index in [0.717, 1.165) is 11.1 Å². The second kappa shape index (κ2) is 8.89. The number of likely N-dealkylation sites (tertiary alicyclic amines) is 1. The summed E-state index contributed by atoms with van der Waals surface area (Å²) in [4.78, 5) is 28.8. The van der Waals surface area contributed by atoms with Crippen LogP contribution in [0.15, 0.2) is 59.7 Å². The van der Waals surface area contributed by atoms with Gasteiger partial charge in [-0.05, 0) is 47.5 Å². The van der Waals surface area contributed by atoms with Crippen LogP contribution in [0.1, 0.15) is 22.3 Å². The van der Waals surface area contributed by atoms with E-state index in [-0.39, 0.29) is 24.9 Å². The fourth-order valence-corrected chi connectivity index (χ4v) is 3.17. The molecule has 1 saturated heterocycles. The topological polar surface area (TPSA) is 88.2 Å². The maximum Gasteiger partial charge on any atom is 0.320 e. The van der Waals surface area contributed by atoms with Gasteiger partial charge in [-0.15, -0.1) is 0 Å². The molecule has 0 radical (unpaired) electrons. The van der Waals surface area contributed by atoms with E-state index in [1.807, 2.05) is 0 Å². The Hall–Kier alpha value is -4.16. The SMILES string of the molecule is CN(C)C(=O)N1C/C(=C/c2ccc(C#N)cc2)C(=O)/C(=C/c2ccc(C#N)cc2)C1. The Morgan fingerprint density at radius 1 is 0.867 bits per heavy atom. The minimum absolute atomic E-state index is 0.119. The summed E-state index contributed by atoms with van der Waals surface area (Å²) < 4.78 is 0. The third kappa shape index (κ3) is 4.63. The lowest BCUT2D eigenvalue weighted by atomic mass is 9.94. The van der Waals surface area contributed by atoms with Crippen LogP contribution in [0.4, 0.5) is 4.79 Å². The Kier molecular flexibility index (Phi) is 6.10. The number of ketones is 1. The van der Waals surface area contributed by atoms with Crippen molar-refractivity contribution in [1.29, 1.82) is 10.5 Å². The molecule has 6 nitrogen and oxygen atoms in total. The zero-order chi connectivity index (χ0) is 21.7. The standard InChI is InChI=1S/C24H20N4O2/c1-27(2)24(30)28-15-21(11-17-3-7-19(13-25)8-4-17)23(29)22(16-28)12-18-5-9-20(14-26)10-6-18/h3-12H,15-16H2,1-2H3/b21-11-,22-12+. The molecule has 1 heterocycles. The minimum atomic E-state index is -0.182. The van der Waals surface area contributed by atoms with Gasteiger partial charge in [-0.25, -0.2) is 4.79 Å². The number of piperidine rings is 1. The first-order valence-electron chi connectivity index (χ1n) is 9.33. The van der Waals surface area contributed by atoms with Crippen molar-refractivity contribution in [3.05, 3.63) is 81.9 Å². The van der Waals surface area contributed by atoms with E-state index in [0.29, 0.717) is 22.3 Å². The number of carbonyl (C=O) groups excluding carboxylic acids is 2. The van der Waals surface area contributed by atoms with Crippen molar-refractivity contribution in [2.75, 3.05) is 27.2 Å². The van der Waals surface area contributed by atoms with Gasteiger partial charge in [0.1, 0.15) is 0 Å². The molecule has 1 fully saturated rings. The van der Waals surface area contributed by atoms with E-state index in [4.69, 9.17) is 10.5 Å². The first-order chi connectivity index (χ1) is 14.4. The van der Waals surface area contributed by atoms with Gasteiger partial charge < -0.3 is 9.80 Å². The van der Waals surface area contributed by atoms with Gasteiger partial charge in [0.2, 0.25) is 0 Å². The number of urea groups is 1. The van der Waals surface area contributed by atoms with Crippen LogP contribution >= 0.6 is 0 Å².